The molecule has 0 radical (unpaired) electrons. The van der Waals surface area contributed by atoms with Gasteiger partial charge in [0.05, 0.1) is 13.1 Å². The van der Waals surface area contributed by atoms with E-state index in [9.17, 15) is 14.4 Å². The summed E-state index contributed by atoms with van der Waals surface area (Å²) >= 11 is 0. The molecule has 1 saturated heterocycles. The van der Waals surface area contributed by atoms with Gasteiger partial charge in [-0.25, -0.2) is 0 Å². The van der Waals surface area contributed by atoms with Crippen molar-refractivity contribution in [2.75, 3.05) is 44.6 Å². The van der Waals surface area contributed by atoms with Gasteiger partial charge in [-0.05, 0) is 37.1 Å². The second kappa shape index (κ2) is 10.0. The number of nitrogens with one attached hydrogen (secondary N) is 2. The van der Waals surface area contributed by atoms with E-state index in [4.69, 9.17) is 0 Å². The molecular weight excluding hydrogens is 380 g/mol. The van der Waals surface area contributed by atoms with Gasteiger partial charge in [-0.15, -0.1) is 0 Å². The molecule has 3 rings (SSSR count). The SMILES string of the molecule is Cc1cccc(C)c1NC(=O)CNC(=O)CN1CCN(C(=O)c2ccccc2)CC1. The third-order valence-corrected chi connectivity index (χ3v) is 5.24. The first kappa shape index (κ1) is 21.5. The Kier molecular flexibility index (Phi) is 7.19. The summed E-state index contributed by atoms with van der Waals surface area (Å²) in [5.41, 5.74) is 3.43. The summed E-state index contributed by atoms with van der Waals surface area (Å²) in [4.78, 5) is 40.7. The highest BCUT2D eigenvalue weighted by molar-refractivity contribution is 5.96. The number of nitrogens with zero attached hydrogens (tertiary/aromatic N) is 2. The van der Waals surface area contributed by atoms with Crippen LogP contribution in [0, 0.1) is 13.8 Å². The van der Waals surface area contributed by atoms with Crippen molar-refractivity contribution in [3.8, 4) is 0 Å². The molecule has 0 atom stereocenters. The number of carbonyl (C=O) groups is 3. The van der Waals surface area contributed by atoms with Crippen molar-refractivity contribution >= 4 is 23.4 Å². The van der Waals surface area contributed by atoms with Crippen molar-refractivity contribution in [1.82, 2.24) is 15.1 Å². The second-order valence-corrected chi connectivity index (χ2v) is 7.53. The number of hydrogen-bond donors (Lipinski definition) is 2. The molecule has 2 N–H and O–H groups in total. The molecule has 0 aromatic heterocycles. The fourth-order valence-electron chi connectivity index (χ4n) is 3.51. The molecule has 1 fully saturated rings. The predicted molar refractivity (Wildman–Crippen MR) is 116 cm³/mol. The highest BCUT2D eigenvalue weighted by atomic mass is 16.2. The number of piperazine rings is 1. The first-order valence-electron chi connectivity index (χ1n) is 10.1. The lowest BCUT2D eigenvalue weighted by Gasteiger charge is -2.34. The smallest absolute Gasteiger partial charge is 0.253 e. The average molecular weight is 409 g/mol. The maximum Gasteiger partial charge on any atom is 0.253 e. The van der Waals surface area contributed by atoms with Crippen LogP contribution in [0.1, 0.15) is 21.5 Å². The highest BCUT2D eigenvalue weighted by Gasteiger charge is 2.23. The fourth-order valence-corrected chi connectivity index (χ4v) is 3.51. The van der Waals surface area contributed by atoms with Gasteiger partial charge in [0.25, 0.3) is 5.91 Å². The molecule has 7 heteroatoms. The molecule has 1 heterocycles. The molecule has 1 aliphatic heterocycles. The topological polar surface area (TPSA) is 81.8 Å². The monoisotopic (exact) mass is 408 g/mol. The van der Waals surface area contributed by atoms with Gasteiger partial charge in [0.1, 0.15) is 0 Å². The largest absolute Gasteiger partial charge is 0.346 e. The molecule has 2 aromatic carbocycles. The molecule has 1 aliphatic rings. The molecule has 7 nitrogen and oxygen atoms in total. The van der Waals surface area contributed by atoms with Gasteiger partial charge in [0.15, 0.2) is 0 Å². The van der Waals surface area contributed by atoms with E-state index < -0.39 is 0 Å². The van der Waals surface area contributed by atoms with Gasteiger partial charge in [0.2, 0.25) is 11.8 Å². The van der Waals surface area contributed by atoms with E-state index in [0.717, 1.165) is 16.8 Å². The summed E-state index contributed by atoms with van der Waals surface area (Å²) in [6, 6.07) is 15.0. The number of amides is 3. The Morgan fingerprint density at radius 2 is 1.47 bits per heavy atom. The van der Waals surface area contributed by atoms with E-state index in [1.165, 1.54) is 0 Å². The highest BCUT2D eigenvalue weighted by Crippen LogP contribution is 2.19. The zero-order valence-corrected chi connectivity index (χ0v) is 17.5. The Morgan fingerprint density at radius 3 is 2.10 bits per heavy atom. The van der Waals surface area contributed by atoms with Crippen molar-refractivity contribution in [3.63, 3.8) is 0 Å². The van der Waals surface area contributed by atoms with Crippen molar-refractivity contribution in [2.45, 2.75) is 13.8 Å². The Labute approximate surface area is 177 Å². The molecular formula is C23H28N4O3. The van der Waals surface area contributed by atoms with Crippen LogP contribution in [0.5, 0.6) is 0 Å². The maximum absolute atomic E-state index is 12.5. The van der Waals surface area contributed by atoms with Crippen molar-refractivity contribution in [2.24, 2.45) is 0 Å². The number of hydrogen-bond acceptors (Lipinski definition) is 4. The van der Waals surface area contributed by atoms with E-state index in [2.05, 4.69) is 10.6 Å². The summed E-state index contributed by atoms with van der Waals surface area (Å²) in [6.07, 6.45) is 0. The molecule has 2 aromatic rings. The Balaban J connectivity index is 1.40. The van der Waals surface area contributed by atoms with Gasteiger partial charge in [-0.2, -0.15) is 0 Å². The van der Waals surface area contributed by atoms with E-state index in [1.54, 1.807) is 0 Å². The molecule has 0 bridgehead atoms. The van der Waals surface area contributed by atoms with Crippen LogP contribution < -0.4 is 10.6 Å². The molecule has 0 unspecified atom stereocenters. The number of aryl methyl sites for hydroxylation is 2. The number of carbonyl (C=O) groups excluding carboxylic acids is 3. The number of para-hydroxylation sites is 1. The van der Waals surface area contributed by atoms with Crippen LogP contribution in [-0.4, -0.2) is 66.8 Å². The van der Waals surface area contributed by atoms with Crippen molar-refractivity contribution in [3.05, 3.63) is 65.2 Å². The van der Waals surface area contributed by atoms with E-state index >= 15 is 0 Å². The van der Waals surface area contributed by atoms with Crippen LogP contribution in [-0.2, 0) is 9.59 Å². The number of benzene rings is 2. The fraction of sp³-hybridized carbons (Fsp3) is 0.348. The third kappa shape index (κ3) is 5.67. The third-order valence-electron chi connectivity index (χ3n) is 5.24. The lowest BCUT2D eigenvalue weighted by molar-refractivity contribution is -0.125. The lowest BCUT2D eigenvalue weighted by Crippen LogP contribution is -2.51. The van der Waals surface area contributed by atoms with Gasteiger partial charge >= 0.3 is 0 Å². The van der Waals surface area contributed by atoms with Crippen LogP contribution >= 0.6 is 0 Å². The Morgan fingerprint density at radius 1 is 0.833 bits per heavy atom. The number of anilines is 1. The first-order chi connectivity index (χ1) is 14.4. The lowest BCUT2D eigenvalue weighted by atomic mass is 10.1. The van der Waals surface area contributed by atoms with Crippen LogP contribution in [0.3, 0.4) is 0 Å². The summed E-state index contributed by atoms with van der Waals surface area (Å²) in [5.74, 6) is -0.434. The Bertz CT molecular complexity index is 886. The van der Waals surface area contributed by atoms with Crippen LogP contribution in [0.25, 0.3) is 0 Å². The molecule has 30 heavy (non-hydrogen) atoms. The summed E-state index contributed by atoms with van der Waals surface area (Å²) in [5, 5.41) is 5.54. The van der Waals surface area contributed by atoms with E-state index in [1.807, 2.05) is 72.2 Å². The summed E-state index contributed by atoms with van der Waals surface area (Å²) in [6.45, 7) is 6.42. The molecule has 3 amide bonds. The van der Waals surface area contributed by atoms with Gasteiger partial charge in [0, 0.05) is 37.4 Å². The second-order valence-electron chi connectivity index (χ2n) is 7.53. The van der Waals surface area contributed by atoms with Crippen LogP contribution in [0.15, 0.2) is 48.5 Å². The minimum Gasteiger partial charge on any atom is -0.346 e. The maximum atomic E-state index is 12.5. The van der Waals surface area contributed by atoms with E-state index in [-0.39, 0.29) is 30.8 Å². The zero-order valence-electron chi connectivity index (χ0n) is 17.5. The van der Waals surface area contributed by atoms with Crippen LogP contribution in [0.4, 0.5) is 5.69 Å². The Hall–Kier alpha value is -3.19. The molecule has 0 aliphatic carbocycles. The zero-order chi connectivity index (χ0) is 21.5. The predicted octanol–water partition coefficient (Wildman–Crippen LogP) is 1.82. The number of rotatable bonds is 6. The minimum atomic E-state index is -0.251. The normalized spacial score (nSPS) is 14.3. The van der Waals surface area contributed by atoms with Gasteiger partial charge in [-0.3, -0.25) is 19.3 Å². The van der Waals surface area contributed by atoms with Crippen molar-refractivity contribution in [1.29, 1.82) is 0 Å². The minimum absolute atomic E-state index is 0.0165. The summed E-state index contributed by atoms with van der Waals surface area (Å²) in [7, 11) is 0. The van der Waals surface area contributed by atoms with E-state index in [0.29, 0.717) is 31.7 Å². The quantitative estimate of drug-likeness (QED) is 0.764. The summed E-state index contributed by atoms with van der Waals surface area (Å²) < 4.78 is 0. The molecule has 0 spiro atoms. The van der Waals surface area contributed by atoms with Crippen molar-refractivity contribution < 1.29 is 14.4 Å². The average Bonchev–Trinajstić information content (AvgIpc) is 2.75. The molecule has 158 valence electrons. The molecule has 0 saturated carbocycles. The standard InChI is InChI=1S/C23H28N4O3/c1-17-7-6-8-18(2)22(17)25-20(28)15-24-21(29)16-26-11-13-27(14-12-26)23(30)19-9-4-3-5-10-19/h3-10H,11-16H2,1-2H3,(H,24,29)(H,25,28). The van der Waals surface area contributed by atoms with Gasteiger partial charge < -0.3 is 15.5 Å². The first-order valence-corrected chi connectivity index (χ1v) is 10.1. The van der Waals surface area contributed by atoms with Crippen LogP contribution in [0.2, 0.25) is 0 Å². The van der Waals surface area contributed by atoms with Gasteiger partial charge in [-0.1, -0.05) is 36.4 Å².